The Balaban J connectivity index is 2.06. The highest BCUT2D eigenvalue weighted by Crippen LogP contribution is 2.27. The number of carbonyl (C=O) groups excluding carboxylic acids is 1. The van der Waals surface area contributed by atoms with E-state index in [-0.39, 0.29) is 17.4 Å². The Hall–Kier alpha value is -1.62. The first kappa shape index (κ1) is 13.8. The van der Waals surface area contributed by atoms with Gasteiger partial charge in [-0.2, -0.15) is 0 Å². The number of nitrogens with one attached hydrogen (secondary N) is 1. The third kappa shape index (κ3) is 3.23. The monoisotopic (exact) mass is 266 g/mol. The van der Waals surface area contributed by atoms with Crippen molar-refractivity contribution < 1.29 is 14.3 Å². The van der Waals surface area contributed by atoms with Gasteiger partial charge in [-0.25, -0.2) is 4.39 Å². The number of rotatable bonds is 4. The molecule has 0 radical (unpaired) electrons. The molecule has 1 unspecified atom stereocenters. The summed E-state index contributed by atoms with van der Waals surface area (Å²) in [6.45, 7) is 0.357. The number of phenols is 1. The smallest absolute Gasteiger partial charge is 0.254 e. The first-order valence-electron chi connectivity index (χ1n) is 6.61. The molecule has 0 heterocycles. The molecular formula is C14H19FN2O2. The van der Waals surface area contributed by atoms with E-state index in [1.165, 1.54) is 12.1 Å². The summed E-state index contributed by atoms with van der Waals surface area (Å²) in [5.74, 6) is -1.01. The lowest BCUT2D eigenvalue weighted by Gasteiger charge is -2.23. The molecule has 5 heteroatoms. The van der Waals surface area contributed by atoms with Gasteiger partial charge in [-0.15, -0.1) is 0 Å². The predicted octanol–water partition coefficient (Wildman–Crippen LogP) is 1.78. The molecule has 1 fully saturated rings. The average Bonchev–Trinajstić information content (AvgIpc) is 2.89. The van der Waals surface area contributed by atoms with Crippen molar-refractivity contribution in [1.29, 1.82) is 0 Å². The average molecular weight is 266 g/mol. The van der Waals surface area contributed by atoms with Crippen molar-refractivity contribution in [1.82, 2.24) is 5.32 Å². The molecule has 104 valence electrons. The summed E-state index contributed by atoms with van der Waals surface area (Å²) in [6, 6.07) is 3.40. The molecule has 4 N–H and O–H groups in total. The minimum absolute atomic E-state index is 0.0609. The number of carbonyl (C=O) groups is 1. The van der Waals surface area contributed by atoms with Crippen LogP contribution in [-0.4, -0.2) is 23.6 Å². The maximum atomic E-state index is 13.6. The van der Waals surface area contributed by atoms with Gasteiger partial charge in [0.1, 0.15) is 11.6 Å². The van der Waals surface area contributed by atoms with E-state index in [4.69, 9.17) is 10.8 Å². The van der Waals surface area contributed by atoms with Crippen LogP contribution in [-0.2, 0) is 0 Å². The summed E-state index contributed by atoms with van der Waals surface area (Å²) in [5, 5.41) is 11.9. The van der Waals surface area contributed by atoms with E-state index in [0.29, 0.717) is 12.5 Å². The van der Waals surface area contributed by atoms with E-state index in [0.717, 1.165) is 31.7 Å². The lowest BCUT2D eigenvalue weighted by molar-refractivity contribution is 0.0920. The second kappa shape index (κ2) is 6.02. The van der Waals surface area contributed by atoms with Crippen LogP contribution in [0, 0.1) is 11.7 Å². The van der Waals surface area contributed by atoms with Crippen LogP contribution < -0.4 is 11.1 Å². The topological polar surface area (TPSA) is 75.3 Å². The molecule has 1 aromatic carbocycles. The van der Waals surface area contributed by atoms with Crippen molar-refractivity contribution in [2.75, 3.05) is 6.54 Å². The lowest BCUT2D eigenvalue weighted by atomic mass is 9.98. The fraction of sp³-hybridized carbons (Fsp3) is 0.500. The van der Waals surface area contributed by atoms with Crippen LogP contribution in [0.25, 0.3) is 0 Å². The normalized spacial score (nSPS) is 17.4. The van der Waals surface area contributed by atoms with Crippen LogP contribution in [0.4, 0.5) is 4.39 Å². The van der Waals surface area contributed by atoms with Crippen LogP contribution in [0.2, 0.25) is 0 Å². The Morgan fingerprint density at radius 3 is 2.74 bits per heavy atom. The number of amides is 1. The van der Waals surface area contributed by atoms with Gasteiger partial charge in [0.15, 0.2) is 0 Å². The van der Waals surface area contributed by atoms with Gasteiger partial charge in [-0.05, 0) is 30.9 Å². The summed E-state index contributed by atoms with van der Waals surface area (Å²) in [4.78, 5) is 12.0. The minimum Gasteiger partial charge on any atom is -0.508 e. The number of hydrogen-bond acceptors (Lipinski definition) is 3. The van der Waals surface area contributed by atoms with Gasteiger partial charge in [-0.3, -0.25) is 4.79 Å². The van der Waals surface area contributed by atoms with Crippen molar-refractivity contribution >= 4 is 5.91 Å². The van der Waals surface area contributed by atoms with Gasteiger partial charge in [0.05, 0.1) is 5.56 Å². The van der Waals surface area contributed by atoms with Crippen molar-refractivity contribution in [2.45, 2.75) is 31.7 Å². The molecule has 0 bridgehead atoms. The molecule has 1 saturated carbocycles. The van der Waals surface area contributed by atoms with E-state index >= 15 is 0 Å². The first-order chi connectivity index (χ1) is 9.11. The Morgan fingerprint density at radius 2 is 2.16 bits per heavy atom. The third-order valence-electron chi connectivity index (χ3n) is 3.74. The summed E-state index contributed by atoms with van der Waals surface area (Å²) in [5.41, 5.74) is 5.63. The Labute approximate surface area is 111 Å². The third-order valence-corrected chi connectivity index (χ3v) is 3.74. The summed E-state index contributed by atoms with van der Waals surface area (Å²) in [6.07, 6.45) is 4.43. The largest absolute Gasteiger partial charge is 0.508 e. The highest BCUT2D eigenvalue weighted by Gasteiger charge is 2.26. The maximum absolute atomic E-state index is 13.6. The molecule has 1 aliphatic rings. The number of aromatic hydroxyl groups is 1. The fourth-order valence-electron chi connectivity index (χ4n) is 2.66. The molecule has 0 spiro atoms. The zero-order chi connectivity index (χ0) is 13.8. The molecular weight excluding hydrogens is 247 g/mol. The van der Waals surface area contributed by atoms with Crippen molar-refractivity contribution in [3.05, 3.63) is 29.6 Å². The molecule has 19 heavy (non-hydrogen) atoms. The zero-order valence-electron chi connectivity index (χ0n) is 10.7. The summed E-state index contributed by atoms with van der Waals surface area (Å²) < 4.78 is 13.6. The Morgan fingerprint density at radius 1 is 1.47 bits per heavy atom. The van der Waals surface area contributed by atoms with Crippen LogP contribution in [0.1, 0.15) is 36.0 Å². The second-order valence-corrected chi connectivity index (χ2v) is 5.02. The Bertz CT molecular complexity index is 459. The van der Waals surface area contributed by atoms with Crippen molar-refractivity contribution in [3.8, 4) is 5.75 Å². The molecule has 1 aromatic rings. The number of nitrogens with two attached hydrogens (primary N) is 1. The molecule has 2 rings (SSSR count). The zero-order valence-corrected chi connectivity index (χ0v) is 10.7. The quantitative estimate of drug-likeness (QED) is 0.777. The maximum Gasteiger partial charge on any atom is 0.254 e. The van der Waals surface area contributed by atoms with Crippen LogP contribution >= 0.6 is 0 Å². The van der Waals surface area contributed by atoms with E-state index < -0.39 is 11.7 Å². The van der Waals surface area contributed by atoms with E-state index in [9.17, 15) is 9.18 Å². The summed E-state index contributed by atoms with van der Waals surface area (Å²) >= 11 is 0. The van der Waals surface area contributed by atoms with Gasteiger partial charge < -0.3 is 16.2 Å². The Kier molecular flexibility index (Phi) is 4.37. The number of benzene rings is 1. The second-order valence-electron chi connectivity index (χ2n) is 5.02. The number of hydrogen-bond donors (Lipinski definition) is 3. The molecule has 1 aliphatic carbocycles. The van der Waals surface area contributed by atoms with Crippen molar-refractivity contribution in [3.63, 3.8) is 0 Å². The fourth-order valence-corrected chi connectivity index (χ4v) is 2.66. The van der Waals surface area contributed by atoms with E-state index in [1.807, 2.05) is 0 Å². The number of phenolic OH excluding ortho intramolecular Hbond substituents is 1. The van der Waals surface area contributed by atoms with Crippen molar-refractivity contribution in [2.24, 2.45) is 11.7 Å². The molecule has 0 aliphatic heterocycles. The van der Waals surface area contributed by atoms with Crippen LogP contribution in [0.5, 0.6) is 5.75 Å². The van der Waals surface area contributed by atoms with Gasteiger partial charge in [-0.1, -0.05) is 12.8 Å². The van der Waals surface area contributed by atoms with Gasteiger partial charge in [0, 0.05) is 18.7 Å². The molecule has 4 nitrogen and oxygen atoms in total. The SMILES string of the molecule is NCC(NC(=O)c1ccc(O)cc1F)C1CCCC1. The van der Waals surface area contributed by atoms with Gasteiger partial charge in [0.25, 0.3) is 5.91 Å². The number of halogens is 1. The summed E-state index contributed by atoms with van der Waals surface area (Å²) in [7, 11) is 0. The van der Waals surface area contributed by atoms with Crippen LogP contribution in [0.3, 0.4) is 0 Å². The van der Waals surface area contributed by atoms with Crippen LogP contribution in [0.15, 0.2) is 18.2 Å². The molecule has 0 aromatic heterocycles. The highest BCUT2D eigenvalue weighted by molar-refractivity contribution is 5.94. The minimum atomic E-state index is -0.723. The molecule has 1 amide bonds. The van der Waals surface area contributed by atoms with Gasteiger partial charge >= 0.3 is 0 Å². The molecule has 0 saturated heterocycles. The van der Waals surface area contributed by atoms with E-state index in [1.54, 1.807) is 0 Å². The van der Waals surface area contributed by atoms with E-state index in [2.05, 4.69) is 5.32 Å². The predicted molar refractivity (Wildman–Crippen MR) is 70.3 cm³/mol. The highest BCUT2D eigenvalue weighted by atomic mass is 19.1. The first-order valence-corrected chi connectivity index (χ1v) is 6.61. The standard InChI is InChI=1S/C14H19FN2O2/c15-12-7-10(18)5-6-11(12)14(19)17-13(8-16)9-3-1-2-4-9/h5-7,9,13,18H,1-4,8,16H2,(H,17,19). The molecule has 1 atom stereocenters. The lowest BCUT2D eigenvalue weighted by Crippen LogP contribution is -2.44. The van der Waals surface area contributed by atoms with Gasteiger partial charge in [0.2, 0.25) is 0 Å².